The smallest absolute Gasteiger partial charge is 0.409 e. The third kappa shape index (κ3) is 1.40. The molecule has 62 valence electrons. The number of aliphatic carboxylic acids is 1. The average Bonchev–Trinajstić information content (AvgIpc) is 2.32. The van der Waals surface area contributed by atoms with Crippen LogP contribution in [0.3, 0.4) is 0 Å². The summed E-state index contributed by atoms with van der Waals surface area (Å²) in [6.07, 6.45) is -1.27. The zero-order chi connectivity index (χ0) is 8.43. The lowest BCUT2D eigenvalue weighted by molar-refractivity contribution is -0.141. The Labute approximate surface area is 62.0 Å². The molecule has 0 aromatic carbocycles. The van der Waals surface area contributed by atoms with Crippen molar-refractivity contribution in [2.24, 2.45) is 0 Å². The number of rotatable bonds is 1. The lowest BCUT2D eigenvalue weighted by atomic mass is 10.3. The summed E-state index contributed by atoms with van der Waals surface area (Å²) in [5.74, 6) is -1.18. The highest BCUT2D eigenvalue weighted by molar-refractivity contribution is 5.79. The van der Waals surface area contributed by atoms with Gasteiger partial charge in [-0.3, -0.25) is 4.90 Å². The standard InChI is InChI=1S/C5H7NO5/c7-4(8)3-1-11-2-6(3)5(9)10/h3H,1-2H2,(H,7,8)(H,9,10). The van der Waals surface area contributed by atoms with Gasteiger partial charge in [0, 0.05) is 0 Å². The van der Waals surface area contributed by atoms with Crippen LogP contribution < -0.4 is 0 Å². The van der Waals surface area contributed by atoms with Crippen molar-refractivity contribution in [1.29, 1.82) is 0 Å². The van der Waals surface area contributed by atoms with Gasteiger partial charge < -0.3 is 14.9 Å². The summed E-state index contributed by atoms with van der Waals surface area (Å²) >= 11 is 0. The van der Waals surface area contributed by atoms with E-state index in [4.69, 9.17) is 10.2 Å². The zero-order valence-electron chi connectivity index (χ0n) is 5.56. The van der Waals surface area contributed by atoms with E-state index in [9.17, 15) is 9.59 Å². The second-order valence-electron chi connectivity index (χ2n) is 2.11. The number of amides is 1. The molecule has 1 aliphatic heterocycles. The predicted octanol–water partition coefficient (Wildman–Crippen LogP) is -0.593. The van der Waals surface area contributed by atoms with Crippen LogP contribution in [-0.2, 0) is 9.53 Å². The first-order valence-electron chi connectivity index (χ1n) is 2.93. The van der Waals surface area contributed by atoms with Crippen LogP contribution >= 0.6 is 0 Å². The first-order chi connectivity index (χ1) is 5.13. The van der Waals surface area contributed by atoms with Gasteiger partial charge in [0.25, 0.3) is 0 Å². The van der Waals surface area contributed by atoms with Crippen molar-refractivity contribution in [3.8, 4) is 0 Å². The fraction of sp³-hybridized carbons (Fsp3) is 0.600. The van der Waals surface area contributed by atoms with Crippen molar-refractivity contribution < 1.29 is 24.5 Å². The summed E-state index contributed by atoms with van der Waals surface area (Å²) in [7, 11) is 0. The van der Waals surface area contributed by atoms with Crippen molar-refractivity contribution in [1.82, 2.24) is 4.90 Å². The monoisotopic (exact) mass is 161 g/mol. The molecule has 1 fully saturated rings. The average molecular weight is 161 g/mol. The second kappa shape index (κ2) is 2.75. The molecule has 1 unspecified atom stereocenters. The lowest BCUT2D eigenvalue weighted by Gasteiger charge is -2.13. The topological polar surface area (TPSA) is 87.1 Å². The van der Waals surface area contributed by atoms with Crippen molar-refractivity contribution in [2.45, 2.75) is 6.04 Å². The molecule has 1 aliphatic rings. The normalized spacial score (nSPS) is 23.6. The molecule has 0 bridgehead atoms. The van der Waals surface area contributed by atoms with Gasteiger partial charge in [-0.05, 0) is 0 Å². The van der Waals surface area contributed by atoms with E-state index in [1.165, 1.54) is 0 Å². The Balaban J connectivity index is 2.65. The van der Waals surface area contributed by atoms with E-state index in [1.807, 2.05) is 0 Å². The Kier molecular flexibility index (Phi) is 1.95. The van der Waals surface area contributed by atoms with Crippen LogP contribution in [0.2, 0.25) is 0 Å². The predicted molar refractivity (Wildman–Crippen MR) is 32.1 cm³/mol. The van der Waals surface area contributed by atoms with E-state index in [2.05, 4.69) is 4.74 Å². The minimum absolute atomic E-state index is 0.0678. The molecule has 0 saturated carbocycles. The van der Waals surface area contributed by atoms with Crippen LogP contribution in [0.1, 0.15) is 0 Å². The number of hydrogen-bond acceptors (Lipinski definition) is 3. The number of carbonyl (C=O) groups is 2. The van der Waals surface area contributed by atoms with Gasteiger partial charge in [0.05, 0.1) is 6.61 Å². The molecule has 0 aromatic heterocycles. The molecule has 11 heavy (non-hydrogen) atoms. The van der Waals surface area contributed by atoms with Gasteiger partial charge in [-0.1, -0.05) is 0 Å². The highest BCUT2D eigenvalue weighted by Gasteiger charge is 2.34. The van der Waals surface area contributed by atoms with E-state index in [-0.39, 0.29) is 13.3 Å². The number of hydrogen-bond donors (Lipinski definition) is 2. The minimum Gasteiger partial charge on any atom is -0.480 e. The number of carboxylic acids is 1. The molecule has 0 aliphatic carbocycles. The fourth-order valence-electron chi connectivity index (χ4n) is 0.836. The molecule has 1 rings (SSSR count). The van der Waals surface area contributed by atoms with Crippen LogP contribution in [0.5, 0.6) is 0 Å². The summed E-state index contributed by atoms with van der Waals surface area (Å²) in [4.78, 5) is 21.4. The van der Waals surface area contributed by atoms with Gasteiger partial charge in [0.15, 0.2) is 6.04 Å². The van der Waals surface area contributed by atoms with Crippen molar-refractivity contribution >= 4 is 12.1 Å². The molecule has 1 atom stereocenters. The quantitative estimate of drug-likeness (QED) is 0.536. The Hall–Kier alpha value is -1.30. The molecule has 1 saturated heterocycles. The van der Waals surface area contributed by atoms with E-state index >= 15 is 0 Å². The van der Waals surface area contributed by atoms with E-state index in [0.717, 1.165) is 4.90 Å². The maximum atomic E-state index is 10.3. The van der Waals surface area contributed by atoms with Gasteiger partial charge >= 0.3 is 12.1 Å². The largest absolute Gasteiger partial charge is 0.480 e. The summed E-state index contributed by atoms with van der Waals surface area (Å²) in [5.41, 5.74) is 0. The second-order valence-corrected chi connectivity index (χ2v) is 2.11. The fourth-order valence-corrected chi connectivity index (χ4v) is 0.836. The Morgan fingerprint density at radius 2 is 2.09 bits per heavy atom. The molecule has 2 N–H and O–H groups in total. The van der Waals surface area contributed by atoms with Gasteiger partial charge in [0.1, 0.15) is 6.73 Å². The van der Waals surface area contributed by atoms with Gasteiger partial charge in [-0.15, -0.1) is 0 Å². The third-order valence-corrected chi connectivity index (χ3v) is 1.41. The van der Waals surface area contributed by atoms with Crippen LogP contribution in [0.4, 0.5) is 4.79 Å². The number of ether oxygens (including phenoxy) is 1. The Morgan fingerprint density at radius 1 is 1.45 bits per heavy atom. The van der Waals surface area contributed by atoms with Gasteiger partial charge in [0.2, 0.25) is 0 Å². The Morgan fingerprint density at radius 3 is 2.45 bits per heavy atom. The van der Waals surface area contributed by atoms with E-state index in [0.29, 0.717) is 0 Å². The summed E-state index contributed by atoms with van der Waals surface area (Å²) in [6.45, 7) is -0.228. The summed E-state index contributed by atoms with van der Waals surface area (Å²) in [6, 6.07) is -1.05. The Bertz CT molecular complexity index is 171. The van der Waals surface area contributed by atoms with Crippen LogP contribution in [0.25, 0.3) is 0 Å². The third-order valence-electron chi connectivity index (χ3n) is 1.41. The van der Waals surface area contributed by atoms with Crippen molar-refractivity contribution in [3.05, 3.63) is 0 Å². The molecular weight excluding hydrogens is 154 g/mol. The van der Waals surface area contributed by atoms with Crippen LogP contribution in [-0.4, -0.2) is 46.6 Å². The molecule has 0 spiro atoms. The minimum atomic E-state index is -1.27. The molecule has 0 radical (unpaired) electrons. The maximum absolute atomic E-state index is 10.3. The summed E-state index contributed by atoms with van der Waals surface area (Å²) in [5, 5.41) is 16.9. The highest BCUT2D eigenvalue weighted by Crippen LogP contribution is 2.08. The molecular formula is C5H7NO5. The molecule has 6 heteroatoms. The van der Waals surface area contributed by atoms with Crippen molar-refractivity contribution in [3.63, 3.8) is 0 Å². The maximum Gasteiger partial charge on any atom is 0.409 e. The zero-order valence-corrected chi connectivity index (χ0v) is 5.56. The molecule has 0 aromatic rings. The molecule has 1 heterocycles. The van der Waals surface area contributed by atoms with E-state index < -0.39 is 18.1 Å². The first-order valence-corrected chi connectivity index (χ1v) is 2.93. The highest BCUT2D eigenvalue weighted by atomic mass is 16.5. The number of nitrogens with zero attached hydrogens (tertiary/aromatic N) is 1. The SMILES string of the molecule is O=C(O)C1COCN1C(=O)O. The molecule has 1 amide bonds. The van der Waals surface area contributed by atoms with Gasteiger partial charge in [-0.2, -0.15) is 0 Å². The van der Waals surface area contributed by atoms with Crippen LogP contribution in [0.15, 0.2) is 0 Å². The van der Waals surface area contributed by atoms with E-state index in [1.54, 1.807) is 0 Å². The first kappa shape index (κ1) is 7.80. The van der Waals surface area contributed by atoms with Crippen LogP contribution in [0, 0.1) is 0 Å². The van der Waals surface area contributed by atoms with Gasteiger partial charge in [-0.25, -0.2) is 9.59 Å². The summed E-state index contributed by atoms with van der Waals surface area (Å²) < 4.78 is 4.66. The van der Waals surface area contributed by atoms with Crippen molar-refractivity contribution in [2.75, 3.05) is 13.3 Å². The lowest BCUT2D eigenvalue weighted by Crippen LogP contribution is -2.40. The number of carboxylic acid groups (broad SMARTS) is 2. The molecule has 6 nitrogen and oxygen atoms in total.